The van der Waals surface area contributed by atoms with Crippen LogP contribution in [-0.4, -0.2) is 31.6 Å². The van der Waals surface area contributed by atoms with Crippen molar-refractivity contribution in [3.05, 3.63) is 124 Å². The Morgan fingerprint density at radius 1 is 1.00 bits per heavy atom. The Morgan fingerprint density at radius 3 is 2.34 bits per heavy atom. The summed E-state index contributed by atoms with van der Waals surface area (Å²) in [6.07, 6.45) is 1.86. The predicted molar refractivity (Wildman–Crippen MR) is 148 cm³/mol. The van der Waals surface area contributed by atoms with Crippen LogP contribution < -0.4 is 0 Å². The van der Waals surface area contributed by atoms with E-state index in [1.807, 2.05) is 60.9 Å². The molecule has 0 spiro atoms. The van der Waals surface area contributed by atoms with Crippen LogP contribution in [0.15, 0.2) is 94.8 Å². The highest BCUT2D eigenvalue weighted by Crippen LogP contribution is 2.36. The normalized spacial score (nSPS) is 15.6. The molecule has 1 N–H and O–H groups in total. The fourth-order valence-corrected chi connectivity index (χ4v) is 5.33. The number of amidine groups is 1. The number of carbonyl (C=O) groups is 2. The van der Waals surface area contributed by atoms with Gasteiger partial charge >= 0.3 is 5.97 Å². The van der Waals surface area contributed by atoms with Crippen molar-refractivity contribution in [1.29, 1.82) is 0 Å². The van der Waals surface area contributed by atoms with Gasteiger partial charge in [0.15, 0.2) is 5.17 Å². The first-order valence-corrected chi connectivity index (χ1v) is 12.7. The molecule has 4 aromatic rings. The molecule has 1 aromatic heterocycles. The zero-order valence-corrected chi connectivity index (χ0v) is 21.6. The Labute approximate surface area is 223 Å². The Hall–Kier alpha value is -4.43. The maximum Gasteiger partial charge on any atom is 0.335 e. The molecule has 1 aliphatic rings. The van der Waals surface area contributed by atoms with Crippen molar-refractivity contribution in [2.45, 2.75) is 20.4 Å². The smallest absolute Gasteiger partial charge is 0.335 e. The molecule has 1 aliphatic heterocycles. The van der Waals surface area contributed by atoms with Crippen molar-refractivity contribution < 1.29 is 19.1 Å². The number of aliphatic imine (C=N–C) groups is 1. The zero-order chi connectivity index (χ0) is 26.8. The second-order valence-corrected chi connectivity index (χ2v) is 9.88. The maximum absolute atomic E-state index is 13.6. The number of benzene rings is 3. The van der Waals surface area contributed by atoms with E-state index < -0.39 is 5.97 Å². The third-order valence-corrected chi connectivity index (χ3v) is 7.26. The largest absolute Gasteiger partial charge is 0.478 e. The first-order chi connectivity index (χ1) is 18.3. The second-order valence-electron chi connectivity index (χ2n) is 8.87. The van der Waals surface area contributed by atoms with Gasteiger partial charge in [-0.1, -0.05) is 30.3 Å². The SMILES string of the molecule is Cc1cc(/C=C2\SC(=Nc3ccccc3)N(Cc3ccc(C(=O)O)cc3)C2=O)c(C)n1-c1ccc(F)cc1. The van der Waals surface area contributed by atoms with Crippen LogP contribution in [0.3, 0.4) is 0 Å². The summed E-state index contributed by atoms with van der Waals surface area (Å²) in [5.41, 5.74) is 5.32. The molecule has 6 nitrogen and oxygen atoms in total. The number of amides is 1. The minimum absolute atomic E-state index is 0.182. The van der Waals surface area contributed by atoms with Gasteiger partial charge < -0.3 is 9.67 Å². The number of carboxylic acids is 1. The molecule has 0 atom stereocenters. The highest BCUT2D eigenvalue weighted by Gasteiger charge is 2.34. The fourth-order valence-electron chi connectivity index (χ4n) is 4.34. The molecule has 1 saturated heterocycles. The highest BCUT2D eigenvalue weighted by molar-refractivity contribution is 8.18. The third-order valence-electron chi connectivity index (χ3n) is 6.25. The number of para-hydroxylation sites is 1. The minimum Gasteiger partial charge on any atom is -0.478 e. The molecular weight excluding hydrogens is 501 g/mol. The Bertz CT molecular complexity index is 1570. The van der Waals surface area contributed by atoms with Crippen molar-refractivity contribution in [3.63, 3.8) is 0 Å². The predicted octanol–water partition coefficient (Wildman–Crippen LogP) is 6.74. The van der Waals surface area contributed by atoms with Gasteiger partial charge in [-0.05, 0) is 97.4 Å². The lowest BCUT2D eigenvalue weighted by Crippen LogP contribution is -2.28. The van der Waals surface area contributed by atoms with Crippen LogP contribution in [0, 0.1) is 19.7 Å². The number of aromatic nitrogens is 1. The van der Waals surface area contributed by atoms with Gasteiger partial charge in [0.2, 0.25) is 0 Å². The van der Waals surface area contributed by atoms with Gasteiger partial charge in [-0.3, -0.25) is 9.69 Å². The molecule has 38 heavy (non-hydrogen) atoms. The molecule has 0 unspecified atom stereocenters. The number of rotatable bonds is 6. The van der Waals surface area contributed by atoms with Gasteiger partial charge in [0.05, 0.1) is 22.7 Å². The Morgan fingerprint density at radius 2 is 1.68 bits per heavy atom. The standard InChI is InChI=1S/C30H24FN3O3S/c1-19-16-23(20(2)34(19)26-14-12-24(31)13-15-26)17-27-28(35)33(18-21-8-10-22(11-9-21)29(36)37)30(38-27)32-25-6-4-3-5-7-25/h3-17H,18H2,1-2H3,(H,36,37)/b27-17-,32-30?. The van der Waals surface area contributed by atoms with E-state index in [-0.39, 0.29) is 23.8 Å². The topological polar surface area (TPSA) is 74.9 Å². The van der Waals surface area contributed by atoms with E-state index in [2.05, 4.69) is 0 Å². The molecule has 0 aliphatic carbocycles. The second kappa shape index (κ2) is 10.5. The molecule has 5 rings (SSSR count). The van der Waals surface area contributed by atoms with E-state index >= 15 is 0 Å². The zero-order valence-electron chi connectivity index (χ0n) is 20.8. The fraction of sp³-hybridized carbons (Fsp3) is 0.100. The average Bonchev–Trinajstić information content (AvgIpc) is 3.35. The number of halogens is 1. The van der Waals surface area contributed by atoms with E-state index in [4.69, 9.17) is 4.99 Å². The van der Waals surface area contributed by atoms with Crippen molar-refractivity contribution in [3.8, 4) is 5.69 Å². The number of nitrogens with zero attached hydrogens (tertiary/aromatic N) is 3. The summed E-state index contributed by atoms with van der Waals surface area (Å²) in [6.45, 7) is 4.19. The van der Waals surface area contributed by atoms with E-state index in [0.29, 0.717) is 10.1 Å². The number of carbonyl (C=O) groups excluding carboxylic acids is 1. The average molecular weight is 526 g/mol. The first kappa shape index (κ1) is 25.2. The van der Waals surface area contributed by atoms with Crippen LogP contribution in [0.1, 0.15) is 32.9 Å². The van der Waals surface area contributed by atoms with E-state index in [1.54, 1.807) is 29.2 Å². The van der Waals surface area contributed by atoms with Gasteiger partial charge in [-0.15, -0.1) is 0 Å². The van der Waals surface area contributed by atoms with Crippen LogP contribution in [0.5, 0.6) is 0 Å². The van der Waals surface area contributed by atoms with Crippen LogP contribution in [0.2, 0.25) is 0 Å². The van der Waals surface area contributed by atoms with Gasteiger partial charge in [-0.2, -0.15) is 0 Å². The van der Waals surface area contributed by atoms with Crippen LogP contribution in [0.25, 0.3) is 11.8 Å². The van der Waals surface area contributed by atoms with E-state index in [0.717, 1.165) is 33.9 Å². The van der Waals surface area contributed by atoms with Crippen molar-refractivity contribution in [2.24, 2.45) is 4.99 Å². The molecular formula is C30H24FN3O3S. The summed E-state index contributed by atoms with van der Waals surface area (Å²) in [5.74, 6) is -1.48. The van der Waals surface area contributed by atoms with Gasteiger partial charge in [-0.25, -0.2) is 14.2 Å². The van der Waals surface area contributed by atoms with Crippen molar-refractivity contribution in [1.82, 2.24) is 9.47 Å². The maximum atomic E-state index is 13.6. The quantitative estimate of drug-likeness (QED) is 0.283. The van der Waals surface area contributed by atoms with Gasteiger partial charge in [0, 0.05) is 17.1 Å². The lowest BCUT2D eigenvalue weighted by atomic mass is 10.1. The molecule has 8 heteroatoms. The number of hydrogen-bond acceptors (Lipinski definition) is 4. The van der Waals surface area contributed by atoms with Crippen LogP contribution >= 0.6 is 11.8 Å². The molecule has 1 fully saturated rings. The number of carboxylic acid groups (broad SMARTS) is 1. The summed E-state index contributed by atoms with van der Waals surface area (Å²) < 4.78 is 15.5. The number of aromatic carboxylic acids is 1. The van der Waals surface area contributed by atoms with Crippen LogP contribution in [-0.2, 0) is 11.3 Å². The van der Waals surface area contributed by atoms with Gasteiger partial charge in [0.25, 0.3) is 5.91 Å². The Balaban J connectivity index is 1.50. The van der Waals surface area contributed by atoms with Crippen LogP contribution in [0.4, 0.5) is 10.1 Å². The number of hydrogen-bond donors (Lipinski definition) is 1. The van der Waals surface area contributed by atoms with E-state index in [1.165, 1.54) is 36.0 Å². The van der Waals surface area contributed by atoms with Crippen molar-refractivity contribution >= 4 is 40.6 Å². The molecule has 1 amide bonds. The molecule has 190 valence electrons. The molecule has 2 heterocycles. The van der Waals surface area contributed by atoms with E-state index in [9.17, 15) is 19.1 Å². The summed E-state index contributed by atoms with van der Waals surface area (Å²) in [5, 5.41) is 9.74. The first-order valence-electron chi connectivity index (χ1n) is 11.9. The summed E-state index contributed by atoms with van der Waals surface area (Å²) in [6, 6.07) is 24.2. The minimum atomic E-state index is -1.00. The highest BCUT2D eigenvalue weighted by atomic mass is 32.2. The molecule has 0 saturated carbocycles. The number of thioether (sulfide) groups is 1. The van der Waals surface area contributed by atoms with Gasteiger partial charge in [0.1, 0.15) is 5.82 Å². The monoisotopic (exact) mass is 525 g/mol. The summed E-state index contributed by atoms with van der Waals surface area (Å²) >= 11 is 1.30. The molecule has 0 radical (unpaired) electrons. The Kier molecular flexibility index (Phi) is 6.98. The summed E-state index contributed by atoms with van der Waals surface area (Å²) in [7, 11) is 0. The lowest BCUT2D eigenvalue weighted by Gasteiger charge is -2.16. The third kappa shape index (κ3) is 5.17. The molecule has 3 aromatic carbocycles. The lowest BCUT2D eigenvalue weighted by molar-refractivity contribution is -0.122. The van der Waals surface area contributed by atoms with Crippen molar-refractivity contribution in [2.75, 3.05) is 0 Å². The molecule has 0 bridgehead atoms. The number of aryl methyl sites for hydroxylation is 1. The summed E-state index contributed by atoms with van der Waals surface area (Å²) in [4.78, 5) is 31.7.